The van der Waals surface area contributed by atoms with Crippen LogP contribution in [0.25, 0.3) is 0 Å². The van der Waals surface area contributed by atoms with Crippen molar-refractivity contribution >= 4 is 11.6 Å². The molecule has 0 bridgehead atoms. The molecule has 7 heteroatoms. The van der Waals surface area contributed by atoms with Crippen LogP contribution in [-0.2, 0) is 0 Å². The van der Waals surface area contributed by atoms with E-state index in [9.17, 15) is 9.50 Å². The number of hydrogen-bond donors (Lipinski definition) is 2. The summed E-state index contributed by atoms with van der Waals surface area (Å²) < 4.78 is 18.3. The molecule has 0 amide bonds. The van der Waals surface area contributed by atoms with Crippen molar-refractivity contribution in [2.45, 2.75) is 18.9 Å². The molecule has 2 N–H and O–H groups in total. The van der Waals surface area contributed by atoms with E-state index in [0.717, 1.165) is 25.2 Å². The van der Waals surface area contributed by atoms with Crippen LogP contribution in [-0.4, -0.2) is 47.4 Å². The molecule has 0 spiro atoms. The van der Waals surface area contributed by atoms with Crippen molar-refractivity contribution in [3.8, 4) is 5.75 Å². The summed E-state index contributed by atoms with van der Waals surface area (Å²) in [5.41, 5.74) is 0. The van der Waals surface area contributed by atoms with Gasteiger partial charge in [0.15, 0.2) is 0 Å². The van der Waals surface area contributed by atoms with Gasteiger partial charge in [0.2, 0.25) is 0 Å². The second-order valence-corrected chi connectivity index (χ2v) is 5.66. The first kappa shape index (κ1) is 16.4. The molecule has 2 heterocycles. The van der Waals surface area contributed by atoms with Gasteiger partial charge in [-0.05, 0) is 37.1 Å². The van der Waals surface area contributed by atoms with Gasteiger partial charge in [-0.15, -0.1) is 0 Å². The van der Waals surface area contributed by atoms with E-state index in [2.05, 4.69) is 20.2 Å². The van der Waals surface area contributed by atoms with Gasteiger partial charge in [0.25, 0.3) is 0 Å². The number of nitrogens with zero attached hydrogens (tertiary/aromatic N) is 3. The van der Waals surface area contributed by atoms with Crippen LogP contribution in [0.2, 0.25) is 0 Å². The maximum atomic E-state index is 12.8. The minimum atomic E-state index is -0.280. The van der Waals surface area contributed by atoms with Crippen LogP contribution in [0.1, 0.15) is 12.8 Å². The minimum Gasteiger partial charge on any atom is -0.492 e. The highest BCUT2D eigenvalue weighted by molar-refractivity contribution is 5.49. The maximum absolute atomic E-state index is 12.8. The lowest BCUT2D eigenvalue weighted by Gasteiger charge is -2.24. The predicted octanol–water partition coefficient (Wildman–Crippen LogP) is 2.07. The second kappa shape index (κ2) is 7.92. The Hall–Kier alpha value is -2.41. The third kappa shape index (κ3) is 4.11. The van der Waals surface area contributed by atoms with Crippen LogP contribution in [0, 0.1) is 5.82 Å². The van der Waals surface area contributed by atoms with Crippen molar-refractivity contribution in [2.24, 2.45) is 0 Å². The van der Waals surface area contributed by atoms with Crippen LogP contribution < -0.4 is 15.0 Å². The molecule has 3 rings (SSSR count). The van der Waals surface area contributed by atoms with Gasteiger partial charge in [0, 0.05) is 12.6 Å². The van der Waals surface area contributed by atoms with Gasteiger partial charge in [-0.25, -0.2) is 14.4 Å². The summed E-state index contributed by atoms with van der Waals surface area (Å²) >= 11 is 0. The fourth-order valence-corrected chi connectivity index (χ4v) is 2.81. The minimum absolute atomic E-state index is 0.134. The van der Waals surface area contributed by atoms with Crippen molar-refractivity contribution in [1.29, 1.82) is 0 Å². The summed E-state index contributed by atoms with van der Waals surface area (Å²) in [7, 11) is 0. The first-order chi connectivity index (χ1) is 11.8. The van der Waals surface area contributed by atoms with E-state index in [4.69, 9.17) is 4.74 Å². The fourth-order valence-electron chi connectivity index (χ4n) is 2.81. The van der Waals surface area contributed by atoms with Crippen molar-refractivity contribution in [2.75, 3.05) is 36.5 Å². The molecule has 1 aliphatic heterocycles. The number of aliphatic hydroxyl groups excluding tert-OH is 1. The molecule has 0 radical (unpaired) electrons. The van der Waals surface area contributed by atoms with Gasteiger partial charge >= 0.3 is 0 Å². The van der Waals surface area contributed by atoms with E-state index < -0.39 is 0 Å². The highest BCUT2D eigenvalue weighted by Gasteiger charge is 2.25. The van der Waals surface area contributed by atoms with Gasteiger partial charge in [-0.1, -0.05) is 0 Å². The Morgan fingerprint density at radius 2 is 2.12 bits per heavy atom. The lowest BCUT2D eigenvalue weighted by atomic mass is 10.2. The average Bonchev–Trinajstić information content (AvgIpc) is 3.09. The van der Waals surface area contributed by atoms with E-state index in [-0.39, 0.29) is 18.5 Å². The Morgan fingerprint density at radius 1 is 1.29 bits per heavy atom. The molecule has 128 valence electrons. The van der Waals surface area contributed by atoms with E-state index in [1.165, 1.54) is 18.5 Å². The van der Waals surface area contributed by atoms with Crippen LogP contribution in [0.15, 0.2) is 36.7 Å². The summed E-state index contributed by atoms with van der Waals surface area (Å²) in [6.45, 7) is 2.04. The van der Waals surface area contributed by atoms with Crippen molar-refractivity contribution in [1.82, 2.24) is 9.97 Å². The number of hydrogen-bond acceptors (Lipinski definition) is 6. The summed E-state index contributed by atoms with van der Waals surface area (Å²) in [6.07, 6.45) is 3.56. The molecule has 2 aromatic rings. The number of anilines is 2. The monoisotopic (exact) mass is 332 g/mol. The number of rotatable bonds is 7. The lowest BCUT2D eigenvalue weighted by molar-refractivity contribution is 0.266. The van der Waals surface area contributed by atoms with Crippen LogP contribution in [0.3, 0.4) is 0 Å². The van der Waals surface area contributed by atoms with Crippen LogP contribution in [0.4, 0.5) is 16.0 Å². The molecule has 1 aromatic carbocycles. The summed E-state index contributed by atoms with van der Waals surface area (Å²) in [6, 6.07) is 7.95. The largest absolute Gasteiger partial charge is 0.492 e. The summed E-state index contributed by atoms with van der Waals surface area (Å²) in [4.78, 5) is 10.6. The van der Waals surface area contributed by atoms with Crippen molar-refractivity contribution in [3.05, 3.63) is 42.5 Å². The first-order valence-electron chi connectivity index (χ1n) is 8.08. The molecular weight excluding hydrogens is 311 g/mol. The average molecular weight is 332 g/mol. The molecular formula is C17H21FN4O2. The molecule has 0 aliphatic carbocycles. The van der Waals surface area contributed by atoms with Crippen LogP contribution in [0.5, 0.6) is 5.75 Å². The summed E-state index contributed by atoms with van der Waals surface area (Å²) in [5, 5.41) is 12.6. The van der Waals surface area contributed by atoms with E-state index in [1.807, 2.05) is 6.07 Å². The number of benzene rings is 1. The molecule has 24 heavy (non-hydrogen) atoms. The maximum Gasteiger partial charge on any atom is 0.134 e. The summed E-state index contributed by atoms with van der Waals surface area (Å²) in [5.74, 6) is 1.89. The van der Waals surface area contributed by atoms with Crippen LogP contribution >= 0.6 is 0 Å². The second-order valence-electron chi connectivity index (χ2n) is 5.66. The van der Waals surface area contributed by atoms with Gasteiger partial charge in [0.05, 0.1) is 19.2 Å². The Bertz CT molecular complexity index is 653. The zero-order valence-corrected chi connectivity index (χ0v) is 13.4. The SMILES string of the molecule is OC[C@@H]1CCCN1c1cc(NCCOc2ccc(F)cc2)ncn1. The predicted molar refractivity (Wildman–Crippen MR) is 89.9 cm³/mol. The van der Waals surface area contributed by atoms with Gasteiger partial charge in [-0.3, -0.25) is 0 Å². The standard InChI is InChI=1S/C17H21FN4O2/c18-13-3-5-15(6-4-13)24-9-7-19-16-10-17(21-12-20-16)22-8-1-2-14(22)11-23/h3-6,10,12,14,23H,1-2,7-9,11H2,(H,19,20,21)/t14-/m0/s1. The first-order valence-corrected chi connectivity index (χ1v) is 8.08. The Kier molecular flexibility index (Phi) is 5.43. The van der Waals surface area contributed by atoms with Crippen molar-refractivity contribution < 1.29 is 14.2 Å². The van der Waals surface area contributed by atoms with Gasteiger partial charge in [0.1, 0.15) is 36.1 Å². The topological polar surface area (TPSA) is 70.5 Å². The van der Waals surface area contributed by atoms with Crippen molar-refractivity contribution in [3.63, 3.8) is 0 Å². The Morgan fingerprint density at radius 3 is 2.92 bits per heavy atom. The molecule has 6 nitrogen and oxygen atoms in total. The van der Waals surface area contributed by atoms with Gasteiger partial charge in [-0.2, -0.15) is 0 Å². The normalized spacial score (nSPS) is 17.1. The number of aliphatic hydroxyl groups is 1. The highest BCUT2D eigenvalue weighted by Crippen LogP contribution is 2.24. The number of ether oxygens (including phenoxy) is 1. The third-order valence-electron chi connectivity index (χ3n) is 4.03. The Balaban J connectivity index is 1.50. The van der Waals surface area contributed by atoms with E-state index in [1.54, 1.807) is 12.1 Å². The Labute approximate surface area is 140 Å². The third-order valence-corrected chi connectivity index (χ3v) is 4.03. The molecule has 1 fully saturated rings. The van der Waals surface area contributed by atoms with E-state index in [0.29, 0.717) is 24.7 Å². The van der Waals surface area contributed by atoms with Gasteiger partial charge < -0.3 is 20.1 Å². The lowest BCUT2D eigenvalue weighted by Crippen LogP contribution is -2.32. The molecule has 0 unspecified atom stereocenters. The van der Waals surface area contributed by atoms with E-state index >= 15 is 0 Å². The number of aromatic nitrogens is 2. The quantitative estimate of drug-likeness (QED) is 0.757. The molecule has 1 aliphatic rings. The molecule has 1 saturated heterocycles. The highest BCUT2D eigenvalue weighted by atomic mass is 19.1. The molecule has 1 atom stereocenters. The molecule has 0 saturated carbocycles. The zero-order chi connectivity index (χ0) is 16.8. The fraction of sp³-hybridized carbons (Fsp3) is 0.412. The number of nitrogens with one attached hydrogen (secondary N) is 1. The molecule has 1 aromatic heterocycles. The smallest absolute Gasteiger partial charge is 0.134 e. The zero-order valence-electron chi connectivity index (χ0n) is 13.4. The number of halogens is 1.